The average molecular weight is 312 g/mol. The van der Waals surface area contributed by atoms with Gasteiger partial charge in [-0.25, -0.2) is 9.37 Å². The van der Waals surface area contributed by atoms with E-state index >= 15 is 0 Å². The zero-order valence-electron chi connectivity index (χ0n) is 12.0. The summed E-state index contributed by atoms with van der Waals surface area (Å²) in [7, 11) is 0. The number of aliphatic hydroxyl groups excluding tert-OH is 1. The second kappa shape index (κ2) is 6.27. The number of benzene rings is 1. The van der Waals surface area contributed by atoms with Crippen LogP contribution in [0.1, 0.15) is 27.6 Å². The van der Waals surface area contributed by atoms with Gasteiger partial charge in [0, 0.05) is 18.2 Å². The number of aliphatic hydroxyl groups is 1. The number of halogens is 1. The van der Waals surface area contributed by atoms with Crippen molar-refractivity contribution in [1.82, 2.24) is 20.2 Å². The number of carbonyl (C=O) groups excluding carboxylic acids is 1. The van der Waals surface area contributed by atoms with Gasteiger partial charge in [0.05, 0.1) is 5.69 Å². The molecule has 7 heteroatoms. The third-order valence-corrected chi connectivity index (χ3v) is 3.25. The monoisotopic (exact) mass is 312 g/mol. The molecule has 0 spiro atoms. The number of nitrogens with one attached hydrogen (secondary N) is 2. The van der Waals surface area contributed by atoms with Crippen LogP contribution in [-0.4, -0.2) is 31.1 Å². The van der Waals surface area contributed by atoms with Crippen molar-refractivity contribution >= 4 is 11.5 Å². The lowest BCUT2D eigenvalue weighted by Crippen LogP contribution is -1.99. The molecule has 23 heavy (non-hydrogen) atoms. The molecular formula is C16H13FN4O2. The van der Waals surface area contributed by atoms with Crippen LogP contribution in [0.5, 0.6) is 0 Å². The third-order valence-electron chi connectivity index (χ3n) is 3.25. The molecule has 0 saturated heterocycles. The van der Waals surface area contributed by atoms with Gasteiger partial charge in [-0.2, -0.15) is 5.10 Å². The van der Waals surface area contributed by atoms with Crippen molar-refractivity contribution in [2.24, 2.45) is 0 Å². The highest BCUT2D eigenvalue weighted by Gasteiger charge is 2.10. The highest BCUT2D eigenvalue weighted by Crippen LogP contribution is 2.15. The molecule has 0 amide bonds. The Hall–Kier alpha value is -3.22. The lowest BCUT2D eigenvalue weighted by atomic mass is 10.1. The van der Waals surface area contributed by atoms with Gasteiger partial charge in [0.15, 0.2) is 5.82 Å². The first-order chi connectivity index (χ1) is 11.1. The maximum Gasteiger partial charge on any atom is 0.226 e. The minimum Gasteiger partial charge on any atom is -0.506 e. The fourth-order valence-electron chi connectivity index (χ4n) is 2.11. The molecule has 0 fully saturated rings. The molecule has 116 valence electrons. The van der Waals surface area contributed by atoms with Crippen LogP contribution in [0.2, 0.25) is 0 Å². The number of nitrogens with zero attached hydrogens (tertiary/aromatic N) is 2. The van der Waals surface area contributed by atoms with E-state index in [1.807, 2.05) is 0 Å². The van der Waals surface area contributed by atoms with E-state index in [-0.39, 0.29) is 17.4 Å². The van der Waals surface area contributed by atoms with E-state index in [0.717, 1.165) is 17.3 Å². The number of hydrogen-bond donors (Lipinski definition) is 3. The molecule has 6 nitrogen and oxygen atoms in total. The summed E-state index contributed by atoms with van der Waals surface area (Å²) in [5, 5.41) is 16.0. The Bertz CT molecular complexity index is 835. The Balaban J connectivity index is 1.73. The molecule has 3 rings (SSSR count). The van der Waals surface area contributed by atoms with E-state index in [9.17, 15) is 14.3 Å². The molecule has 0 saturated carbocycles. The van der Waals surface area contributed by atoms with Crippen LogP contribution in [0.3, 0.4) is 0 Å². The predicted molar refractivity (Wildman–Crippen MR) is 81.3 cm³/mol. The first-order valence-electron chi connectivity index (χ1n) is 6.85. The van der Waals surface area contributed by atoms with Gasteiger partial charge in [0.2, 0.25) is 5.78 Å². The first-order valence-corrected chi connectivity index (χ1v) is 6.85. The number of allylic oxidation sites excluding steroid dienone is 1. The molecule has 0 bridgehead atoms. The summed E-state index contributed by atoms with van der Waals surface area (Å²) in [5.74, 6) is -0.909. The average Bonchev–Trinajstić information content (AvgIpc) is 3.21. The number of aromatic amines is 2. The maximum absolute atomic E-state index is 12.9. The molecule has 3 N–H and O–H groups in total. The van der Waals surface area contributed by atoms with Crippen LogP contribution < -0.4 is 0 Å². The molecule has 2 heterocycles. The lowest BCUT2D eigenvalue weighted by Gasteiger charge is -2.00. The van der Waals surface area contributed by atoms with Crippen molar-refractivity contribution in [3.63, 3.8) is 0 Å². The molecule has 0 atom stereocenters. The number of H-pyrrole nitrogens is 2. The van der Waals surface area contributed by atoms with Crippen molar-refractivity contribution in [2.45, 2.75) is 6.42 Å². The Morgan fingerprint density at radius 2 is 2.00 bits per heavy atom. The Morgan fingerprint density at radius 1 is 1.22 bits per heavy atom. The van der Waals surface area contributed by atoms with Gasteiger partial charge in [0.25, 0.3) is 0 Å². The summed E-state index contributed by atoms with van der Waals surface area (Å²) >= 11 is 0. The number of carbonyl (C=O) groups is 1. The van der Waals surface area contributed by atoms with Gasteiger partial charge < -0.3 is 10.1 Å². The number of aromatic nitrogens is 4. The summed E-state index contributed by atoms with van der Waals surface area (Å²) < 4.78 is 12.9. The fraction of sp³-hybridized carbons (Fsp3) is 0.0625. The number of ketones is 1. The normalized spacial score (nSPS) is 11.6. The van der Waals surface area contributed by atoms with Gasteiger partial charge in [-0.1, -0.05) is 12.1 Å². The lowest BCUT2D eigenvalue weighted by molar-refractivity contribution is 0.103. The highest BCUT2D eigenvalue weighted by molar-refractivity contribution is 6.05. The van der Waals surface area contributed by atoms with Gasteiger partial charge >= 0.3 is 0 Å². The molecular weight excluding hydrogens is 299 g/mol. The SMILES string of the molecule is O=C(/C=C(/O)c1ccc(Cc2ccc(F)cc2)[nH]1)c1ncn[nH]1. The highest BCUT2D eigenvalue weighted by atomic mass is 19.1. The minimum atomic E-state index is -0.477. The topological polar surface area (TPSA) is 94.7 Å². The zero-order chi connectivity index (χ0) is 16.2. The first kappa shape index (κ1) is 14.7. The van der Waals surface area contributed by atoms with E-state index in [0.29, 0.717) is 12.1 Å². The van der Waals surface area contributed by atoms with Gasteiger partial charge in [-0.15, -0.1) is 0 Å². The molecule has 3 aromatic rings. The van der Waals surface area contributed by atoms with Crippen molar-refractivity contribution in [2.75, 3.05) is 0 Å². The molecule has 0 aliphatic rings. The third kappa shape index (κ3) is 3.52. The Labute approximate surface area is 130 Å². The predicted octanol–water partition coefficient (Wildman–Crippen LogP) is 2.64. The van der Waals surface area contributed by atoms with E-state index in [1.54, 1.807) is 24.3 Å². The second-order valence-corrected chi connectivity index (χ2v) is 4.93. The van der Waals surface area contributed by atoms with Crippen molar-refractivity contribution < 1.29 is 14.3 Å². The molecule has 0 unspecified atom stereocenters. The zero-order valence-corrected chi connectivity index (χ0v) is 12.0. The Kier molecular flexibility index (Phi) is 4.01. The standard InChI is InChI=1S/C16H13FN4O2/c17-11-3-1-10(2-4-11)7-12-5-6-13(20-12)14(22)8-15(23)16-18-9-19-21-16/h1-6,8-9,20,22H,7H2,(H,18,19,21)/b14-8+. The van der Waals surface area contributed by atoms with Crippen LogP contribution in [-0.2, 0) is 6.42 Å². The summed E-state index contributed by atoms with van der Waals surface area (Å²) in [6, 6.07) is 9.64. The quantitative estimate of drug-likeness (QED) is 0.383. The summed E-state index contributed by atoms with van der Waals surface area (Å²) in [5.41, 5.74) is 2.18. The van der Waals surface area contributed by atoms with E-state index in [2.05, 4.69) is 20.2 Å². The Morgan fingerprint density at radius 3 is 2.70 bits per heavy atom. The van der Waals surface area contributed by atoms with Crippen molar-refractivity contribution in [3.8, 4) is 0 Å². The summed E-state index contributed by atoms with van der Waals surface area (Å²) in [6.45, 7) is 0. The van der Waals surface area contributed by atoms with Gasteiger partial charge in [-0.05, 0) is 29.8 Å². The van der Waals surface area contributed by atoms with E-state index < -0.39 is 5.78 Å². The smallest absolute Gasteiger partial charge is 0.226 e. The minimum absolute atomic E-state index is 0.0506. The van der Waals surface area contributed by atoms with E-state index in [4.69, 9.17) is 0 Å². The molecule has 0 aliphatic heterocycles. The molecule has 1 aromatic carbocycles. The van der Waals surface area contributed by atoms with Gasteiger partial charge in [0.1, 0.15) is 17.9 Å². The van der Waals surface area contributed by atoms with E-state index in [1.165, 1.54) is 18.5 Å². The van der Waals surface area contributed by atoms with Crippen molar-refractivity contribution in [3.05, 3.63) is 77.4 Å². The van der Waals surface area contributed by atoms with Crippen LogP contribution >= 0.6 is 0 Å². The molecule has 0 radical (unpaired) electrons. The second-order valence-electron chi connectivity index (χ2n) is 4.93. The van der Waals surface area contributed by atoms with Crippen molar-refractivity contribution in [1.29, 1.82) is 0 Å². The molecule has 2 aromatic heterocycles. The van der Waals surface area contributed by atoms with Crippen LogP contribution in [0, 0.1) is 5.82 Å². The van der Waals surface area contributed by atoms with Gasteiger partial charge in [-0.3, -0.25) is 9.89 Å². The largest absolute Gasteiger partial charge is 0.506 e. The van der Waals surface area contributed by atoms with Crippen LogP contribution in [0.25, 0.3) is 5.76 Å². The molecule has 0 aliphatic carbocycles. The summed E-state index contributed by atoms with van der Waals surface area (Å²) in [6.07, 6.45) is 2.84. The van der Waals surface area contributed by atoms with Crippen LogP contribution in [0.4, 0.5) is 4.39 Å². The fourth-order valence-corrected chi connectivity index (χ4v) is 2.11. The summed E-state index contributed by atoms with van der Waals surface area (Å²) in [4.78, 5) is 18.5. The number of rotatable bonds is 5. The number of hydrogen-bond acceptors (Lipinski definition) is 4. The van der Waals surface area contributed by atoms with Crippen LogP contribution in [0.15, 0.2) is 48.8 Å². The maximum atomic E-state index is 12.9.